The third-order valence-corrected chi connectivity index (χ3v) is 6.31. The Morgan fingerprint density at radius 2 is 1.91 bits per heavy atom. The van der Waals surface area contributed by atoms with Gasteiger partial charge in [0.05, 0.1) is 13.7 Å². The second-order valence-electron chi connectivity index (χ2n) is 9.15. The second-order valence-corrected chi connectivity index (χ2v) is 9.15. The molecule has 0 spiro atoms. The number of carbonyl (C=O) groups excluding carboxylic acids is 2. The lowest BCUT2D eigenvalue weighted by Crippen LogP contribution is -2.45. The van der Waals surface area contributed by atoms with E-state index in [0.29, 0.717) is 42.8 Å². The van der Waals surface area contributed by atoms with E-state index in [1.165, 1.54) is 6.92 Å². The summed E-state index contributed by atoms with van der Waals surface area (Å²) in [5.41, 5.74) is 0.335. The molecule has 1 aromatic carbocycles. The van der Waals surface area contributed by atoms with Gasteiger partial charge in [0, 0.05) is 26.3 Å². The largest absolute Gasteiger partial charge is 0.493 e. The predicted molar refractivity (Wildman–Crippen MR) is 131 cm³/mol. The molecule has 3 rings (SSSR count). The maximum absolute atomic E-state index is 12.4. The van der Waals surface area contributed by atoms with Crippen molar-refractivity contribution in [1.82, 2.24) is 20.8 Å². The zero-order valence-electron chi connectivity index (χ0n) is 21.2. The van der Waals surface area contributed by atoms with Gasteiger partial charge in [0.15, 0.2) is 17.3 Å². The van der Waals surface area contributed by atoms with E-state index in [9.17, 15) is 9.59 Å². The number of hydrogen-bond acceptors (Lipinski definition) is 7. The predicted octanol–water partition coefficient (Wildman–Crippen LogP) is 4.19. The smallest absolute Gasteiger partial charge is 0.227 e. The highest BCUT2D eigenvalue weighted by Gasteiger charge is 2.38. The van der Waals surface area contributed by atoms with Crippen LogP contribution in [0.15, 0.2) is 22.7 Å². The van der Waals surface area contributed by atoms with Crippen LogP contribution in [0.2, 0.25) is 0 Å². The number of nitrogens with one attached hydrogen (secondary N) is 2. The molecule has 192 valence electrons. The van der Waals surface area contributed by atoms with Gasteiger partial charge in [0.2, 0.25) is 17.7 Å². The maximum atomic E-state index is 12.4. The minimum absolute atomic E-state index is 0.102. The number of benzene rings is 1. The van der Waals surface area contributed by atoms with Crippen molar-refractivity contribution in [3.63, 3.8) is 0 Å². The van der Waals surface area contributed by atoms with Gasteiger partial charge in [-0.3, -0.25) is 9.59 Å². The summed E-state index contributed by atoms with van der Waals surface area (Å²) < 4.78 is 16.6. The Hall–Kier alpha value is -3.10. The number of rotatable bonds is 12. The average Bonchev–Trinajstić information content (AvgIpc) is 3.21. The fourth-order valence-corrected chi connectivity index (χ4v) is 4.40. The highest BCUT2D eigenvalue weighted by molar-refractivity contribution is 5.76. The SMILES string of the molecule is CCCCOc1ccc(CNC(=O)CCc2nc(C3(NC(C)=O)CCCCCC3)no2)cc1OC. The van der Waals surface area contributed by atoms with E-state index in [1.807, 2.05) is 18.2 Å². The van der Waals surface area contributed by atoms with Gasteiger partial charge < -0.3 is 24.6 Å². The van der Waals surface area contributed by atoms with Crippen molar-refractivity contribution in [2.75, 3.05) is 13.7 Å². The standard InChI is InChI=1S/C26H38N4O5/c1-4-5-16-34-21-11-10-20(17-22(21)33-3)18-27-23(32)12-13-24-28-25(30-35-24)26(29-19(2)31)14-8-6-7-9-15-26/h10-11,17H,4-9,12-16,18H2,1-3H3,(H,27,32)(H,29,31). The molecule has 1 aliphatic carbocycles. The van der Waals surface area contributed by atoms with E-state index in [0.717, 1.165) is 56.9 Å². The zero-order chi connectivity index (χ0) is 25.1. The first-order valence-corrected chi connectivity index (χ1v) is 12.6. The van der Waals surface area contributed by atoms with Gasteiger partial charge in [-0.15, -0.1) is 0 Å². The Morgan fingerprint density at radius 3 is 2.60 bits per heavy atom. The van der Waals surface area contributed by atoms with Crippen molar-refractivity contribution in [1.29, 1.82) is 0 Å². The van der Waals surface area contributed by atoms with E-state index >= 15 is 0 Å². The van der Waals surface area contributed by atoms with Crippen molar-refractivity contribution in [2.45, 2.75) is 90.1 Å². The molecule has 0 atom stereocenters. The number of ether oxygens (including phenoxy) is 2. The van der Waals surface area contributed by atoms with Gasteiger partial charge in [-0.1, -0.05) is 50.3 Å². The fourth-order valence-electron chi connectivity index (χ4n) is 4.40. The third-order valence-electron chi connectivity index (χ3n) is 6.31. The molecule has 2 aromatic rings. The quantitative estimate of drug-likeness (QED) is 0.341. The van der Waals surface area contributed by atoms with Crippen LogP contribution in [-0.4, -0.2) is 35.7 Å². The fraction of sp³-hybridized carbons (Fsp3) is 0.615. The van der Waals surface area contributed by atoms with Crippen molar-refractivity contribution in [2.24, 2.45) is 0 Å². The maximum Gasteiger partial charge on any atom is 0.227 e. The summed E-state index contributed by atoms with van der Waals surface area (Å²) in [7, 11) is 1.61. The molecule has 9 heteroatoms. The summed E-state index contributed by atoms with van der Waals surface area (Å²) in [6.45, 7) is 4.65. The summed E-state index contributed by atoms with van der Waals surface area (Å²) in [6.07, 6.45) is 8.46. The van der Waals surface area contributed by atoms with Crippen molar-refractivity contribution >= 4 is 11.8 Å². The van der Waals surface area contributed by atoms with E-state index < -0.39 is 5.54 Å². The number of carbonyl (C=O) groups is 2. The first-order valence-electron chi connectivity index (χ1n) is 12.6. The van der Waals surface area contributed by atoms with E-state index in [4.69, 9.17) is 14.0 Å². The number of nitrogens with zero attached hydrogens (tertiary/aromatic N) is 2. The molecular weight excluding hydrogens is 448 g/mol. The molecule has 2 amide bonds. The van der Waals surface area contributed by atoms with Crippen molar-refractivity contribution in [3.05, 3.63) is 35.5 Å². The van der Waals surface area contributed by atoms with Crippen LogP contribution in [0.25, 0.3) is 0 Å². The highest BCUT2D eigenvalue weighted by atomic mass is 16.5. The topological polar surface area (TPSA) is 116 Å². The summed E-state index contributed by atoms with van der Waals surface area (Å²) in [5, 5.41) is 10.2. The number of unbranched alkanes of at least 4 members (excludes halogenated alkanes) is 1. The lowest BCUT2D eigenvalue weighted by Gasteiger charge is -2.30. The summed E-state index contributed by atoms with van der Waals surface area (Å²) in [5.74, 6) is 2.05. The molecule has 1 aromatic heterocycles. The van der Waals surface area contributed by atoms with Crippen LogP contribution in [0.4, 0.5) is 0 Å². The first kappa shape index (κ1) is 26.5. The number of amides is 2. The van der Waals surface area contributed by atoms with Crippen LogP contribution >= 0.6 is 0 Å². The molecule has 1 fully saturated rings. The monoisotopic (exact) mass is 486 g/mol. The Labute approximate surface area is 207 Å². The van der Waals surface area contributed by atoms with Gasteiger partial charge in [-0.05, 0) is 37.0 Å². The van der Waals surface area contributed by atoms with Gasteiger partial charge in [0.1, 0.15) is 5.54 Å². The van der Waals surface area contributed by atoms with E-state index in [-0.39, 0.29) is 18.2 Å². The molecular formula is C26H38N4O5. The number of hydrogen-bond donors (Lipinski definition) is 2. The van der Waals surface area contributed by atoms with Crippen LogP contribution in [-0.2, 0) is 28.1 Å². The number of aryl methyl sites for hydroxylation is 1. The molecule has 0 unspecified atom stereocenters. The molecule has 1 heterocycles. The van der Waals surface area contributed by atoms with Gasteiger partial charge >= 0.3 is 0 Å². The Morgan fingerprint density at radius 1 is 1.14 bits per heavy atom. The van der Waals surface area contributed by atoms with Gasteiger partial charge in [0.25, 0.3) is 0 Å². The number of methoxy groups -OCH3 is 1. The average molecular weight is 487 g/mol. The molecule has 35 heavy (non-hydrogen) atoms. The lowest BCUT2D eigenvalue weighted by molar-refractivity contribution is -0.122. The second kappa shape index (κ2) is 13.1. The highest BCUT2D eigenvalue weighted by Crippen LogP contribution is 2.34. The first-order chi connectivity index (χ1) is 17.0. The van der Waals surface area contributed by atoms with Crippen LogP contribution in [0.3, 0.4) is 0 Å². The van der Waals surface area contributed by atoms with Crippen LogP contribution in [0.5, 0.6) is 11.5 Å². The van der Waals surface area contributed by atoms with E-state index in [1.54, 1.807) is 7.11 Å². The molecule has 0 radical (unpaired) electrons. The number of aromatic nitrogens is 2. The molecule has 0 saturated heterocycles. The Bertz CT molecular complexity index is 966. The minimum Gasteiger partial charge on any atom is -0.493 e. The Kier molecular flexibility index (Phi) is 9.93. The van der Waals surface area contributed by atoms with Crippen LogP contribution < -0.4 is 20.1 Å². The molecule has 2 N–H and O–H groups in total. The summed E-state index contributed by atoms with van der Waals surface area (Å²) in [4.78, 5) is 28.9. The van der Waals surface area contributed by atoms with E-state index in [2.05, 4.69) is 27.7 Å². The lowest BCUT2D eigenvalue weighted by atomic mass is 9.89. The summed E-state index contributed by atoms with van der Waals surface area (Å²) in [6, 6.07) is 5.66. The molecule has 9 nitrogen and oxygen atoms in total. The van der Waals surface area contributed by atoms with Crippen molar-refractivity contribution in [3.8, 4) is 11.5 Å². The van der Waals surface area contributed by atoms with Crippen molar-refractivity contribution < 1.29 is 23.6 Å². The molecule has 1 saturated carbocycles. The third kappa shape index (κ3) is 7.70. The van der Waals surface area contributed by atoms with Gasteiger partial charge in [-0.2, -0.15) is 4.98 Å². The van der Waals surface area contributed by atoms with Crippen LogP contribution in [0, 0.1) is 0 Å². The summed E-state index contributed by atoms with van der Waals surface area (Å²) >= 11 is 0. The normalized spacial score (nSPS) is 15.2. The molecule has 1 aliphatic rings. The molecule has 0 bridgehead atoms. The van der Waals surface area contributed by atoms with Crippen LogP contribution in [0.1, 0.15) is 88.9 Å². The van der Waals surface area contributed by atoms with Gasteiger partial charge in [-0.25, -0.2) is 0 Å². The zero-order valence-corrected chi connectivity index (χ0v) is 21.2. The molecule has 0 aliphatic heterocycles. The Balaban J connectivity index is 1.52. The minimum atomic E-state index is -0.586.